The van der Waals surface area contributed by atoms with Crippen LogP contribution < -0.4 is 0 Å². The molecule has 16 heavy (non-hydrogen) atoms. The van der Waals surface area contributed by atoms with Crippen LogP contribution in [-0.2, 0) is 4.74 Å². The molecule has 1 N–H and O–H groups in total. The van der Waals surface area contributed by atoms with Crippen molar-refractivity contribution in [3.05, 3.63) is 0 Å². The van der Waals surface area contributed by atoms with Crippen molar-refractivity contribution in [2.24, 2.45) is 5.92 Å². The second-order valence-corrected chi connectivity index (χ2v) is 5.17. The molecule has 2 nitrogen and oxygen atoms in total. The molecular formula is C14H28O2. The van der Waals surface area contributed by atoms with Gasteiger partial charge in [-0.05, 0) is 31.6 Å². The van der Waals surface area contributed by atoms with Crippen LogP contribution in [0.25, 0.3) is 0 Å². The molecule has 2 heteroatoms. The summed E-state index contributed by atoms with van der Waals surface area (Å²) in [4.78, 5) is 0. The lowest BCUT2D eigenvalue weighted by atomic mass is 9.79. The Morgan fingerprint density at radius 2 is 1.62 bits per heavy atom. The highest BCUT2D eigenvalue weighted by Gasteiger charge is 2.39. The van der Waals surface area contributed by atoms with Crippen LogP contribution in [0.3, 0.4) is 0 Å². The predicted molar refractivity (Wildman–Crippen MR) is 67.5 cm³/mol. The quantitative estimate of drug-likeness (QED) is 0.729. The lowest BCUT2D eigenvalue weighted by Crippen LogP contribution is -2.47. The molecule has 0 aliphatic heterocycles. The normalized spacial score (nSPS) is 21.8. The smallest absolute Gasteiger partial charge is 0.0933 e. The summed E-state index contributed by atoms with van der Waals surface area (Å²) < 4.78 is 5.64. The van der Waals surface area contributed by atoms with Crippen molar-refractivity contribution in [2.75, 3.05) is 7.11 Å². The summed E-state index contributed by atoms with van der Waals surface area (Å²) >= 11 is 0. The number of hydrogen-bond donors (Lipinski definition) is 1. The molecule has 0 radical (unpaired) electrons. The van der Waals surface area contributed by atoms with Gasteiger partial charge < -0.3 is 9.84 Å². The topological polar surface area (TPSA) is 29.5 Å². The molecule has 0 aromatic carbocycles. The van der Waals surface area contributed by atoms with Gasteiger partial charge in [0.2, 0.25) is 0 Å². The highest BCUT2D eigenvalue weighted by atomic mass is 16.5. The van der Waals surface area contributed by atoms with Crippen molar-refractivity contribution in [1.29, 1.82) is 0 Å². The Morgan fingerprint density at radius 1 is 1.12 bits per heavy atom. The average Bonchev–Trinajstić information content (AvgIpc) is 2.60. The van der Waals surface area contributed by atoms with Gasteiger partial charge in [-0.1, -0.05) is 39.5 Å². The van der Waals surface area contributed by atoms with E-state index in [2.05, 4.69) is 13.8 Å². The van der Waals surface area contributed by atoms with Gasteiger partial charge in [-0.2, -0.15) is 0 Å². The number of rotatable bonds is 5. The van der Waals surface area contributed by atoms with E-state index in [1.807, 2.05) is 0 Å². The van der Waals surface area contributed by atoms with E-state index in [9.17, 15) is 5.11 Å². The van der Waals surface area contributed by atoms with Gasteiger partial charge in [-0.15, -0.1) is 0 Å². The Balaban J connectivity index is 2.67. The van der Waals surface area contributed by atoms with Gasteiger partial charge in [-0.3, -0.25) is 0 Å². The first-order valence-corrected chi connectivity index (χ1v) is 6.93. The van der Waals surface area contributed by atoms with Crippen molar-refractivity contribution in [2.45, 2.75) is 76.9 Å². The zero-order valence-corrected chi connectivity index (χ0v) is 11.2. The predicted octanol–water partition coefficient (Wildman–Crippen LogP) is 3.52. The van der Waals surface area contributed by atoms with Crippen molar-refractivity contribution < 1.29 is 9.84 Å². The van der Waals surface area contributed by atoms with Gasteiger partial charge in [0.05, 0.1) is 11.7 Å². The zero-order chi connectivity index (χ0) is 12.0. The lowest BCUT2D eigenvalue weighted by Gasteiger charge is -2.39. The van der Waals surface area contributed by atoms with Gasteiger partial charge in [0, 0.05) is 7.11 Å². The summed E-state index contributed by atoms with van der Waals surface area (Å²) in [6.07, 6.45) is 9.08. The third-order valence-electron chi connectivity index (χ3n) is 4.49. The van der Waals surface area contributed by atoms with Crippen molar-refractivity contribution in [1.82, 2.24) is 0 Å². The fourth-order valence-corrected chi connectivity index (χ4v) is 3.13. The van der Waals surface area contributed by atoms with Crippen molar-refractivity contribution in [3.63, 3.8) is 0 Å². The van der Waals surface area contributed by atoms with E-state index < -0.39 is 0 Å². The fraction of sp³-hybridized carbons (Fsp3) is 1.00. The third-order valence-corrected chi connectivity index (χ3v) is 4.49. The summed E-state index contributed by atoms with van der Waals surface area (Å²) in [6.45, 7) is 4.24. The van der Waals surface area contributed by atoms with Crippen molar-refractivity contribution in [3.8, 4) is 0 Å². The molecule has 0 bridgehead atoms. The van der Waals surface area contributed by atoms with E-state index in [4.69, 9.17) is 4.74 Å². The second-order valence-electron chi connectivity index (χ2n) is 5.17. The first-order valence-electron chi connectivity index (χ1n) is 6.93. The van der Waals surface area contributed by atoms with Crippen LogP contribution in [0, 0.1) is 5.92 Å². The molecule has 0 amide bonds. The average molecular weight is 228 g/mol. The van der Waals surface area contributed by atoms with Crippen LogP contribution in [-0.4, -0.2) is 23.9 Å². The van der Waals surface area contributed by atoms with Crippen LogP contribution >= 0.6 is 0 Å². The van der Waals surface area contributed by atoms with E-state index in [0.29, 0.717) is 5.92 Å². The van der Waals surface area contributed by atoms with E-state index in [1.54, 1.807) is 7.11 Å². The van der Waals surface area contributed by atoms with Crippen LogP contribution in [0.1, 0.15) is 65.2 Å². The molecule has 0 saturated heterocycles. The molecule has 1 fully saturated rings. The van der Waals surface area contributed by atoms with Crippen LogP contribution in [0.2, 0.25) is 0 Å². The molecule has 1 saturated carbocycles. The van der Waals surface area contributed by atoms with Gasteiger partial charge in [0.15, 0.2) is 0 Å². The maximum atomic E-state index is 10.6. The van der Waals surface area contributed by atoms with E-state index in [-0.39, 0.29) is 11.7 Å². The van der Waals surface area contributed by atoms with E-state index in [0.717, 1.165) is 12.8 Å². The molecule has 1 atom stereocenters. The summed E-state index contributed by atoms with van der Waals surface area (Å²) in [5.41, 5.74) is -0.311. The van der Waals surface area contributed by atoms with Crippen LogP contribution in [0.5, 0.6) is 0 Å². The standard InChI is InChI=1S/C14H28O2/c1-4-14(5-2,16-3)13(15)12-10-8-6-7-9-11-12/h12-13,15H,4-11H2,1-3H3. The lowest BCUT2D eigenvalue weighted by molar-refractivity contribution is -0.130. The molecule has 0 spiro atoms. The van der Waals surface area contributed by atoms with Crippen molar-refractivity contribution >= 4 is 0 Å². The van der Waals surface area contributed by atoms with Gasteiger partial charge in [0.1, 0.15) is 0 Å². The van der Waals surface area contributed by atoms with E-state index >= 15 is 0 Å². The molecule has 1 unspecified atom stereocenters. The monoisotopic (exact) mass is 228 g/mol. The molecule has 1 aliphatic carbocycles. The molecule has 96 valence electrons. The minimum atomic E-state index is -0.311. The minimum Gasteiger partial charge on any atom is -0.390 e. The maximum Gasteiger partial charge on any atom is 0.0933 e. The van der Waals surface area contributed by atoms with Crippen LogP contribution in [0.15, 0.2) is 0 Å². The minimum absolute atomic E-state index is 0.286. The van der Waals surface area contributed by atoms with Gasteiger partial charge in [-0.25, -0.2) is 0 Å². The molecule has 0 aromatic heterocycles. The summed E-state index contributed by atoms with van der Waals surface area (Å²) in [5.74, 6) is 0.447. The number of aliphatic hydroxyl groups is 1. The largest absolute Gasteiger partial charge is 0.390 e. The Kier molecular flexibility index (Phi) is 5.77. The fourth-order valence-electron chi connectivity index (χ4n) is 3.13. The Hall–Kier alpha value is -0.0800. The SMILES string of the molecule is CCC(CC)(OC)C(O)C1CCCCCC1. The third kappa shape index (κ3) is 2.98. The summed E-state index contributed by atoms with van der Waals surface area (Å²) in [5, 5.41) is 10.6. The molecule has 0 aromatic rings. The number of hydrogen-bond acceptors (Lipinski definition) is 2. The Morgan fingerprint density at radius 3 is 2.00 bits per heavy atom. The number of methoxy groups -OCH3 is 1. The van der Waals surface area contributed by atoms with Gasteiger partial charge >= 0.3 is 0 Å². The summed E-state index contributed by atoms with van der Waals surface area (Å²) in [6, 6.07) is 0. The van der Waals surface area contributed by atoms with Crippen LogP contribution in [0.4, 0.5) is 0 Å². The number of aliphatic hydroxyl groups excluding tert-OH is 1. The first-order chi connectivity index (χ1) is 7.70. The molecular weight excluding hydrogens is 200 g/mol. The molecule has 1 rings (SSSR count). The number of ether oxygens (including phenoxy) is 1. The van der Waals surface area contributed by atoms with E-state index in [1.165, 1.54) is 38.5 Å². The first kappa shape index (κ1) is 14.0. The summed E-state index contributed by atoms with van der Waals surface area (Å²) in [7, 11) is 1.74. The Bertz CT molecular complexity index is 171. The Labute approximate surface area is 100 Å². The highest BCUT2D eigenvalue weighted by Crippen LogP contribution is 2.35. The second kappa shape index (κ2) is 6.61. The molecule has 1 aliphatic rings. The zero-order valence-electron chi connectivity index (χ0n) is 11.2. The van der Waals surface area contributed by atoms with Gasteiger partial charge in [0.25, 0.3) is 0 Å². The maximum absolute atomic E-state index is 10.6. The molecule has 0 heterocycles. The highest BCUT2D eigenvalue weighted by molar-refractivity contribution is 4.90.